The SMILES string of the molecule is C/C=C/CC(=O)N1CCC2(CC1)C[C@@H](c1ccccc1)C(=O)N(C)C2. The van der Waals surface area contributed by atoms with Gasteiger partial charge in [0.1, 0.15) is 0 Å². The number of nitrogens with zero attached hydrogens (tertiary/aromatic N) is 2. The number of carbonyl (C=O) groups excluding carboxylic acids is 2. The second-order valence-electron chi connectivity index (χ2n) is 7.52. The predicted octanol–water partition coefficient (Wildman–Crippen LogP) is 3.21. The molecule has 3 rings (SSSR count). The van der Waals surface area contributed by atoms with Crippen LogP contribution in [0.1, 0.15) is 44.1 Å². The van der Waals surface area contributed by atoms with Crippen molar-refractivity contribution in [3.05, 3.63) is 48.0 Å². The third-order valence-corrected chi connectivity index (χ3v) is 5.79. The zero-order valence-electron chi connectivity index (χ0n) is 15.3. The average Bonchev–Trinajstić information content (AvgIpc) is 2.64. The van der Waals surface area contributed by atoms with E-state index in [0.29, 0.717) is 6.42 Å². The molecule has 0 bridgehead atoms. The first-order valence-electron chi connectivity index (χ1n) is 9.23. The van der Waals surface area contributed by atoms with Gasteiger partial charge in [0.25, 0.3) is 0 Å². The van der Waals surface area contributed by atoms with Gasteiger partial charge in [-0.25, -0.2) is 0 Å². The van der Waals surface area contributed by atoms with Crippen molar-refractivity contribution in [2.24, 2.45) is 5.41 Å². The maximum absolute atomic E-state index is 12.7. The van der Waals surface area contributed by atoms with Crippen molar-refractivity contribution in [3.63, 3.8) is 0 Å². The summed E-state index contributed by atoms with van der Waals surface area (Å²) >= 11 is 0. The predicted molar refractivity (Wildman–Crippen MR) is 99.1 cm³/mol. The van der Waals surface area contributed by atoms with Crippen molar-refractivity contribution in [1.29, 1.82) is 0 Å². The minimum atomic E-state index is -0.0507. The number of piperidine rings is 2. The molecular weight excluding hydrogens is 312 g/mol. The van der Waals surface area contributed by atoms with Gasteiger partial charge in [0.15, 0.2) is 0 Å². The molecule has 2 aliphatic rings. The lowest BCUT2D eigenvalue weighted by molar-refractivity contribution is -0.142. The van der Waals surface area contributed by atoms with E-state index in [9.17, 15) is 9.59 Å². The van der Waals surface area contributed by atoms with E-state index < -0.39 is 0 Å². The Kier molecular flexibility index (Phi) is 5.26. The molecule has 2 fully saturated rings. The van der Waals surface area contributed by atoms with E-state index >= 15 is 0 Å². The molecular formula is C21H28N2O2. The average molecular weight is 340 g/mol. The number of likely N-dealkylation sites (N-methyl/N-ethyl adjacent to an activating group) is 1. The van der Waals surface area contributed by atoms with Gasteiger partial charge in [0, 0.05) is 33.1 Å². The topological polar surface area (TPSA) is 40.6 Å². The first-order chi connectivity index (χ1) is 12.0. The molecule has 0 saturated carbocycles. The van der Waals surface area contributed by atoms with Gasteiger partial charge in [-0.3, -0.25) is 9.59 Å². The molecule has 25 heavy (non-hydrogen) atoms. The van der Waals surface area contributed by atoms with Crippen LogP contribution in [0.3, 0.4) is 0 Å². The van der Waals surface area contributed by atoms with Gasteiger partial charge < -0.3 is 9.80 Å². The Balaban J connectivity index is 1.70. The Morgan fingerprint density at radius 3 is 2.56 bits per heavy atom. The summed E-state index contributed by atoms with van der Waals surface area (Å²) in [4.78, 5) is 28.8. The number of hydrogen-bond donors (Lipinski definition) is 0. The molecule has 4 nitrogen and oxygen atoms in total. The van der Waals surface area contributed by atoms with E-state index in [1.807, 2.05) is 54.1 Å². The summed E-state index contributed by atoms with van der Waals surface area (Å²) in [6, 6.07) is 10.1. The van der Waals surface area contributed by atoms with E-state index in [4.69, 9.17) is 0 Å². The Morgan fingerprint density at radius 1 is 1.24 bits per heavy atom. The molecule has 0 unspecified atom stereocenters. The third kappa shape index (κ3) is 3.78. The van der Waals surface area contributed by atoms with Crippen molar-refractivity contribution in [1.82, 2.24) is 9.80 Å². The molecule has 2 aliphatic heterocycles. The van der Waals surface area contributed by atoms with Gasteiger partial charge in [-0.2, -0.15) is 0 Å². The summed E-state index contributed by atoms with van der Waals surface area (Å²) in [5, 5.41) is 0. The molecule has 134 valence electrons. The van der Waals surface area contributed by atoms with Crippen LogP contribution in [0, 0.1) is 5.41 Å². The summed E-state index contributed by atoms with van der Waals surface area (Å²) in [6.07, 6.45) is 7.21. The molecule has 2 heterocycles. The lowest BCUT2D eigenvalue weighted by Gasteiger charge is -2.49. The number of likely N-dealkylation sites (tertiary alicyclic amines) is 2. The van der Waals surface area contributed by atoms with Crippen LogP contribution in [0.25, 0.3) is 0 Å². The van der Waals surface area contributed by atoms with Gasteiger partial charge in [-0.15, -0.1) is 0 Å². The number of benzene rings is 1. The van der Waals surface area contributed by atoms with Crippen molar-refractivity contribution in [2.45, 2.75) is 38.5 Å². The molecule has 0 aliphatic carbocycles. The Hall–Kier alpha value is -2.10. The summed E-state index contributed by atoms with van der Waals surface area (Å²) < 4.78 is 0. The summed E-state index contributed by atoms with van der Waals surface area (Å²) in [6.45, 7) is 4.36. The Labute approximate surface area is 150 Å². The van der Waals surface area contributed by atoms with Crippen LogP contribution in [-0.2, 0) is 9.59 Å². The van der Waals surface area contributed by atoms with E-state index in [0.717, 1.165) is 44.5 Å². The highest BCUT2D eigenvalue weighted by Crippen LogP contribution is 2.45. The van der Waals surface area contributed by atoms with E-state index in [1.54, 1.807) is 0 Å². The molecule has 0 aromatic heterocycles. The zero-order chi connectivity index (χ0) is 17.9. The fraction of sp³-hybridized carbons (Fsp3) is 0.524. The monoisotopic (exact) mass is 340 g/mol. The van der Waals surface area contributed by atoms with Crippen molar-refractivity contribution in [3.8, 4) is 0 Å². The van der Waals surface area contributed by atoms with Crippen LogP contribution in [0.15, 0.2) is 42.5 Å². The van der Waals surface area contributed by atoms with E-state index in [1.165, 1.54) is 0 Å². The number of amides is 2. The normalized spacial score (nSPS) is 23.4. The number of hydrogen-bond acceptors (Lipinski definition) is 2. The van der Waals surface area contributed by atoms with Crippen molar-refractivity contribution < 1.29 is 9.59 Å². The smallest absolute Gasteiger partial charge is 0.229 e. The lowest BCUT2D eigenvalue weighted by Crippen LogP contribution is -2.53. The number of rotatable bonds is 3. The first kappa shape index (κ1) is 17.7. The number of allylic oxidation sites excluding steroid dienone is 1. The summed E-state index contributed by atoms with van der Waals surface area (Å²) in [5.74, 6) is 0.390. The summed E-state index contributed by atoms with van der Waals surface area (Å²) in [5.41, 5.74) is 1.26. The molecule has 4 heteroatoms. The van der Waals surface area contributed by atoms with Gasteiger partial charge >= 0.3 is 0 Å². The molecule has 1 aromatic carbocycles. The Bertz CT molecular complexity index is 645. The molecule has 1 spiro atoms. The van der Waals surface area contributed by atoms with Crippen LogP contribution in [0.2, 0.25) is 0 Å². The largest absolute Gasteiger partial charge is 0.345 e. The van der Waals surface area contributed by atoms with Crippen LogP contribution in [0.4, 0.5) is 0 Å². The van der Waals surface area contributed by atoms with Gasteiger partial charge in [0.2, 0.25) is 11.8 Å². The molecule has 2 amide bonds. The maximum atomic E-state index is 12.7. The second kappa shape index (κ2) is 7.42. The fourth-order valence-electron chi connectivity index (χ4n) is 4.32. The highest BCUT2D eigenvalue weighted by molar-refractivity contribution is 5.84. The second-order valence-corrected chi connectivity index (χ2v) is 7.52. The van der Waals surface area contributed by atoms with Crippen molar-refractivity contribution >= 4 is 11.8 Å². The van der Waals surface area contributed by atoms with E-state index in [-0.39, 0.29) is 23.1 Å². The number of carbonyl (C=O) groups is 2. The van der Waals surface area contributed by atoms with Crippen LogP contribution in [-0.4, -0.2) is 48.3 Å². The highest BCUT2D eigenvalue weighted by Gasteiger charge is 2.45. The minimum absolute atomic E-state index is 0.0507. The lowest BCUT2D eigenvalue weighted by atomic mass is 9.67. The third-order valence-electron chi connectivity index (χ3n) is 5.79. The standard InChI is InChI=1S/C21H28N2O2/c1-3-4-10-19(24)23-13-11-21(12-14-23)15-18(20(25)22(2)16-21)17-8-6-5-7-9-17/h3-9,18H,10-16H2,1-2H3/b4-3+/t18-/m0/s1. The minimum Gasteiger partial charge on any atom is -0.345 e. The maximum Gasteiger partial charge on any atom is 0.229 e. The highest BCUT2D eigenvalue weighted by atomic mass is 16.2. The van der Waals surface area contributed by atoms with E-state index in [2.05, 4.69) is 12.1 Å². The van der Waals surface area contributed by atoms with Crippen molar-refractivity contribution in [2.75, 3.05) is 26.7 Å². The molecule has 0 N–H and O–H groups in total. The summed E-state index contributed by atoms with van der Waals surface area (Å²) in [7, 11) is 1.92. The molecule has 1 atom stereocenters. The van der Waals surface area contributed by atoms with Gasteiger partial charge in [-0.1, -0.05) is 42.5 Å². The fourth-order valence-corrected chi connectivity index (χ4v) is 4.32. The Morgan fingerprint density at radius 2 is 1.92 bits per heavy atom. The quantitative estimate of drug-likeness (QED) is 0.793. The molecule has 1 aromatic rings. The van der Waals surface area contributed by atoms with Gasteiger partial charge in [0.05, 0.1) is 5.92 Å². The zero-order valence-corrected chi connectivity index (χ0v) is 15.3. The molecule has 2 saturated heterocycles. The first-order valence-corrected chi connectivity index (χ1v) is 9.23. The van der Waals surface area contributed by atoms with Crippen LogP contribution >= 0.6 is 0 Å². The van der Waals surface area contributed by atoms with Gasteiger partial charge in [-0.05, 0) is 37.2 Å². The van der Waals surface area contributed by atoms with Crippen LogP contribution < -0.4 is 0 Å². The van der Waals surface area contributed by atoms with Crippen LogP contribution in [0.5, 0.6) is 0 Å². The molecule has 0 radical (unpaired) electrons.